The SMILES string of the molecule is Cc1ccc(C(=O)[C@@H]2CC(=O)Nc3c2c(C)nn3-c2ccc(F)cc2F)s1. The van der Waals surface area contributed by atoms with Gasteiger partial charge in [-0.15, -0.1) is 11.3 Å². The summed E-state index contributed by atoms with van der Waals surface area (Å²) in [6, 6.07) is 6.71. The largest absolute Gasteiger partial charge is 0.310 e. The highest BCUT2D eigenvalue weighted by Gasteiger charge is 2.37. The molecular weight excluding hydrogens is 372 g/mol. The van der Waals surface area contributed by atoms with Crippen LogP contribution in [0.1, 0.15) is 38.1 Å². The van der Waals surface area contributed by atoms with Crippen molar-refractivity contribution in [2.45, 2.75) is 26.2 Å². The maximum atomic E-state index is 14.3. The third kappa shape index (κ3) is 2.95. The topological polar surface area (TPSA) is 64.0 Å². The second-order valence-corrected chi connectivity index (χ2v) is 7.72. The molecule has 4 rings (SSSR count). The van der Waals surface area contributed by atoms with E-state index in [1.807, 2.05) is 13.0 Å². The van der Waals surface area contributed by atoms with Crippen molar-refractivity contribution in [2.24, 2.45) is 0 Å². The Kier molecular flexibility index (Phi) is 4.15. The average molecular weight is 387 g/mol. The molecule has 5 nitrogen and oxygen atoms in total. The number of Topliss-reactive ketones (excluding diaryl/α,β-unsaturated/α-hetero) is 1. The van der Waals surface area contributed by atoms with Crippen LogP contribution in [0.2, 0.25) is 0 Å². The molecule has 0 saturated heterocycles. The summed E-state index contributed by atoms with van der Waals surface area (Å²) in [7, 11) is 0. The molecule has 1 aliphatic heterocycles. The Morgan fingerprint density at radius 3 is 2.70 bits per heavy atom. The van der Waals surface area contributed by atoms with E-state index in [0.29, 0.717) is 16.1 Å². The summed E-state index contributed by atoms with van der Waals surface area (Å²) in [5.41, 5.74) is 1.08. The van der Waals surface area contributed by atoms with Gasteiger partial charge < -0.3 is 5.32 Å². The minimum Gasteiger partial charge on any atom is -0.310 e. The van der Waals surface area contributed by atoms with Crippen LogP contribution in [0.15, 0.2) is 30.3 Å². The lowest BCUT2D eigenvalue weighted by molar-refractivity contribution is -0.116. The van der Waals surface area contributed by atoms with Crippen molar-refractivity contribution in [2.75, 3.05) is 5.32 Å². The Hall–Kier alpha value is -2.87. The summed E-state index contributed by atoms with van der Waals surface area (Å²) in [5, 5.41) is 6.99. The Morgan fingerprint density at radius 1 is 1.26 bits per heavy atom. The van der Waals surface area contributed by atoms with Crippen molar-refractivity contribution in [3.63, 3.8) is 0 Å². The van der Waals surface area contributed by atoms with Crippen LogP contribution in [0.5, 0.6) is 0 Å². The molecule has 138 valence electrons. The fraction of sp³-hybridized carbons (Fsp3) is 0.211. The predicted molar refractivity (Wildman–Crippen MR) is 97.6 cm³/mol. The van der Waals surface area contributed by atoms with E-state index in [1.165, 1.54) is 22.1 Å². The number of hydrogen-bond acceptors (Lipinski definition) is 4. The number of rotatable bonds is 3. The molecule has 1 atom stereocenters. The molecule has 0 bridgehead atoms. The quantitative estimate of drug-likeness (QED) is 0.687. The van der Waals surface area contributed by atoms with E-state index < -0.39 is 17.6 Å². The van der Waals surface area contributed by atoms with E-state index in [4.69, 9.17) is 0 Å². The maximum absolute atomic E-state index is 14.3. The van der Waals surface area contributed by atoms with Crippen LogP contribution in [0.25, 0.3) is 5.69 Å². The number of aromatic nitrogens is 2. The van der Waals surface area contributed by atoms with Gasteiger partial charge in [0.05, 0.1) is 16.5 Å². The van der Waals surface area contributed by atoms with Gasteiger partial charge in [0.15, 0.2) is 11.6 Å². The molecule has 3 aromatic rings. The number of benzene rings is 1. The molecule has 1 amide bonds. The fourth-order valence-electron chi connectivity index (χ4n) is 3.34. The van der Waals surface area contributed by atoms with Crippen LogP contribution < -0.4 is 5.32 Å². The number of aryl methyl sites for hydroxylation is 2. The zero-order valence-corrected chi connectivity index (χ0v) is 15.4. The molecule has 3 heterocycles. The van der Waals surface area contributed by atoms with E-state index >= 15 is 0 Å². The van der Waals surface area contributed by atoms with E-state index in [-0.39, 0.29) is 29.6 Å². The van der Waals surface area contributed by atoms with Gasteiger partial charge in [0.2, 0.25) is 5.91 Å². The number of anilines is 1. The minimum atomic E-state index is -0.808. The molecule has 2 aromatic heterocycles. The Balaban J connectivity index is 1.85. The molecule has 1 aliphatic rings. The van der Waals surface area contributed by atoms with Gasteiger partial charge in [0.1, 0.15) is 17.3 Å². The molecule has 27 heavy (non-hydrogen) atoms. The number of nitrogens with one attached hydrogen (secondary N) is 1. The van der Waals surface area contributed by atoms with Crippen molar-refractivity contribution >= 4 is 28.8 Å². The summed E-state index contributed by atoms with van der Waals surface area (Å²) in [4.78, 5) is 26.8. The van der Waals surface area contributed by atoms with E-state index in [0.717, 1.165) is 17.0 Å². The summed E-state index contributed by atoms with van der Waals surface area (Å²) in [5.74, 6) is -2.47. The first-order valence-corrected chi connectivity index (χ1v) is 9.12. The van der Waals surface area contributed by atoms with Gasteiger partial charge in [0.25, 0.3) is 0 Å². The van der Waals surface area contributed by atoms with Crippen LogP contribution >= 0.6 is 11.3 Å². The monoisotopic (exact) mass is 387 g/mol. The number of ketones is 1. The van der Waals surface area contributed by atoms with E-state index in [2.05, 4.69) is 10.4 Å². The molecule has 0 fully saturated rings. The molecule has 8 heteroatoms. The van der Waals surface area contributed by atoms with Crippen LogP contribution in [-0.2, 0) is 4.79 Å². The van der Waals surface area contributed by atoms with Crippen molar-refractivity contribution in [1.82, 2.24) is 9.78 Å². The molecule has 1 N–H and O–H groups in total. The summed E-state index contributed by atoms with van der Waals surface area (Å²) in [6.45, 7) is 3.61. The molecule has 0 aliphatic carbocycles. The van der Waals surface area contributed by atoms with Gasteiger partial charge in [-0.3, -0.25) is 9.59 Å². The van der Waals surface area contributed by atoms with Gasteiger partial charge in [-0.05, 0) is 38.1 Å². The normalized spacial score (nSPS) is 16.1. The smallest absolute Gasteiger partial charge is 0.226 e. The second kappa shape index (κ2) is 6.38. The number of fused-ring (bicyclic) bond motifs is 1. The highest BCUT2D eigenvalue weighted by Crippen LogP contribution is 2.39. The maximum Gasteiger partial charge on any atom is 0.226 e. The van der Waals surface area contributed by atoms with Gasteiger partial charge in [-0.25, -0.2) is 13.5 Å². The number of halogens is 2. The lowest BCUT2D eigenvalue weighted by Gasteiger charge is -2.22. The molecular formula is C19H15F2N3O2S. The van der Waals surface area contributed by atoms with Crippen molar-refractivity contribution < 1.29 is 18.4 Å². The van der Waals surface area contributed by atoms with Crippen LogP contribution in [0.4, 0.5) is 14.6 Å². The number of amides is 1. The molecule has 0 unspecified atom stereocenters. The molecule has 0 radical (unpaired) electrons. The first-order chi connectivity index (χ1) is 12.8. The predicted octanol–water partition coefficient (Wildman–Crippen LogP) is 4.14. The van der Waals surface area contributed by atoms with Crippen molar-refractivity contribution in [3.05, 3.63) is 63.0 Å². The van der Waals surface area contributed by atoms with E-state index in [9.17, 15) is 18.4 Å². The first kappa shape index (κ1) is 17.5. The number of nitrogens with zero attached hydrogens (tertiary/aromatic N) is 2. The molecule has 1 aromatic carbocycles. The number of hydrogen-bond donors (Lipinski definition) is 1. The molecule has 0 saturated carbocycles. The Labute approximate surface area is 157 Å². The zero-order valence-electron chi connectivity index (χ0n) is 14.5. The fourth-order valence-corrected chi connectivity index (χ4v) is 4.20. The minimum absolute atomic E-state index is 0.00103. The first-order valence-electron chi connectivity index (χ1n) is 8.30. The van der Waals surface area contributed by atoms with Crippen LogP contribution in [0, 0.1) is 25.5 Å². The van der Waals surface area contributed by atoms with Crippen LogP contribution in [0.3, 0.4) is 0 Å². The second-order valence-electron chi connectivity index (χ2n) is 6.43. The zero-order chi connectivity index (χ0) is 19.3. The number of carbonyl (C=O) groups is 2. The van der Waals surface area contributed by atoms with Crippen molar-refractivity contribution in [3.8, 4) is 5.69 Å². The summed E-state index contributed by atoms with van der Waals surface area (Å²) in [6.07, 6.45) is 0.00120. The Morgan fingerprint density at radius 2 is 2.04 bits per heavy atom. The highest BCUT2D eigenvalue weighted by atomic mass is 32.1. The average Bonchev–Trinajstić information content (AvgIpc) is 3.17. The van der Waals surface area contributed by atoms with Crippen molar-refractivity contribution in [1.29, 1.82) is 0 Å². The lowest BCUT2D eigenvalue weighted by atomic mass is 9.87. The third-order valence-corrected chi connectivity index (χ3v) is 5.56. The van der Waals surface area contributed by atoms with Gasteiger partial charge in [-0.1, -0.05) is 0 Å². The third-order valence-electron chi connectivity index (χ3n) is 4.54. The van der Waals surface area contributed by atoms with E-state index in [1.54, 1.807) is 13.0 Å². The standard InChI is InChI=1S/C19H15F2N3O2S/c1-9-3-6-15(27-9)18(26)12-8-16(25)22-19-17(12)10(2)23-24(19)14-5-4-11(20)7-13(14)21/h3-7,12H,8H2,1-2H3,(H,22,25)/t12-/m1/s1. The number of thiophene rings is 1. The Bertz CT molecular complexity index is 1090. The van der Waals surface area contributed by atoms with Gasteiger partial charge in [0, 0.05) is 22.9 Å². The summed E-state index contributed by atoms with van der Waals surface area (Å²) < 4.78 is 28.7. The lowest BCUT2D eigenvalue weighted by Crippen LogP contribution is -2.28. The van der Waals surface area contributed by atoms with Gasteiger partial charge >= 0.3 is 0 Å². The summed E-state index contributed by atoms with van der Waals surface area (Å²) >= 11 is 1.37. The molecule has 0 spiro atoms. The highest BCUT2D eigenvalue weighted by molar-refractivity contribution is 7.14. The van der Waals surface area contributed by atoms with Gasteiger partial charge in [-0.2, -0.15) is 5.10 Å². The number of carbonyl (C=O) groups excluding carboxylic acids is 2. The van der Waals surface area contributed by atoms with Crippen LogP contribution in [-0.4, -0.2) is 21.5 Å².